The molecule has 2 heterocycles. The molecule has 0 aliphatic rings. The van der Waals surface area contributed by atoms with E-state index in [9.17, 15) is 4.79 Å². The summed E-state index contributed by atoms with van der Waals surface area (Å²) in [6.07, 6.45) is 3.19. The summed E-state index contributed by atoms with van der Waals surface area (Å²) >= 11 is 0. The fraction of sp³-hybridized carbons (Fsp3) is 0.174. The van der Waals surface area contributed by atoms with Crippen molar-refractivity contribution >= 4 is 26.5 Å². The fourth-order valence-corrected chi connectivity index (χ4v) is 5.37. The van der Waals surface area contributed by atoms with E-state index < -0.39 is 5.60 Å². The van der Waals surface area contributed by atoms with E-state index in [-0.39, 0.29) is 16.4 Å². The molecule has 0 saturated heterocycles. The van der Waals surface area contributed by atoms with Gasteiger partial charge in [0.2, 0.25) is 0 Å². The Morgan fingerprint density at radius 2 is 1.89 bits per heavy atom. The van der Waals surface area contributed by atoms with Crippen LogP contribution in [0, 0.1) is 6.92 Å². The Hall–Kier alpha value is -2.85. The van der Waals surface area contributed by atoms with Crippen LogP contribution in [-0.2, 0) is 10.3 Å². The number of furan rings is 1. The highest BCUT2D eigenvalue weighted by molar-refractivity contribution is 7.43. The predicted molar refractivity (Wildman–Crippen MR) is 110 cm³/mol. The Labute approximate surface area is 161 Å². The summed E-state index contributed by atoms with van der Waals surface area (Å²) in [5, 5.41) is 3.57. The normalized spacial score (nSPS) is 12.3. The van der Waals surface area contributed by atoms with Crippen molar-refractivity contribution in [3.05, 3.63) is 89.2 Å². The maximum atomic E-state index is 12.8. The summed E-state index contributed by atoms with van der Waals surface area (Å²) in [5.74, 6) is -0.333. The highest BCUT2D eigenvalue weighted by Crippen LogP contribution is 2.42. The molecule has 2 aromatic heterocycles. The van der Waals surface area contributed by atoms with Gasteiger partial charge in [-0.25, -0.2) is 4.79 Å². The average Bonchev–Trinajstić information content (AvgIpc) is 3.31. The van der Waals surface area contributed by atoms with Crippen LogP contribution < -0.4 is 0 Å². The van der Waals surface area contributed by atoms with Crippen molar-refractivity contribution in [2.45, 2.75) is 26.4 Å². The first-order valence-electron chi connectivity index (χ1n) is 8.83. The fourth-order valence-electron chi connectivity index (χ4n) is 3.20. The van der Waals surface area contributed by atoms with Gasteiger partial charge in [-0.05, 0) is 51.1 Å². The maximum absolute atomic E-state index is 12.8. The van der Waals surface area contributed by atoms with E-state index in [1.807, 2.05) is 32.0 Å². The van der Waals surface area contributed by atoms with E-state index in [4.69, 9.17) is 9.15 Å². The van der Waals surface area contributed by atoms with Crippen molar-refractivity contribution in [2.75, 3.05) is 0 Å². The molecule has 0 fully saturated rings. The molecule has 0 radical (unpaired) electrons. The number of thiophene rings is 1. The summed E-state index contributed by atoms with van der Waals surface area (Å²) in [4.78, 5) is 13.9. The van der Waals surface area contributed by atoms with Gasteiger partial charge < -0.3 is 9.15 Å². The lowest BCUT2D eigenvalue weighted by Gasteiger charge is -2.23. The molecule has 136 valence electrons. The molecular formula is C23H21O3S+. The SMILES string of the molecule is Cc1c[s+](-c2cccc(C(=O)OC(C)(C)c3ccoc3)c2)c2ccccc12. The van der Waals surface area contributed by atoms with Gasteiger partial charge >= 0.3 is 5.97 Å². The second-order valence-electron chi connectivity index (χ2n) is 7.07. The number of carbonyl (C=O) groups excluding carboxylic acids is 1. The van der Waals surface area contributed by atoms with Gasteiger partial charge in [-0.2, -0.15) is 0 Å². The molecule has 4 rings (SSSR count). The van der Waals surface area contributed by atoms with Gasteiger partial charge in [0.25, 0.3) is 0 Å². The van der Waals surface area contributed by atoms with Crippen molar-refractivity contribution in [3.63, 3.8) is 0 Å². The van der Waals surface area contributed by atoms with Crippen LogP contribution in [0.1, 0.15) is 35.3 Å². The summed E-state index contributed by atoms with van der Waals surface area (Å²) in [6.45, 7) is 5.86. The lowest BCUT2D eigenvalue weighted by Crippen LogP contribution is -2.25. The predicted octanol–water partition coefficient (Wildman–Crippen LogP) is 6.57. The summed E-state index contributed by atoms with van der Waals surface area (Å²) in [6, 6.07) is 18.0. The van der Waals surface area contributed by atoms with E-state index in [1.165, 1.54) is 15.6 Å². The first-order chi connectivity index (χ1) is 13.0. The van der Waals surface area contributed by atoms with Crippen LogP contribution in [0.3, 0.4) is 0 Å². The number of rotatable bonds is 4. The standard InChI is InChI=1S/C23H21O3S/c1-16-15-27(21-10-5-4-9-20(16)21)19-8-6-7-17(13-19)22(24)26-23(2,3)18-11-12-25-14-18/h4-15H,1-3H3/q+1. The van der Waals surface area contributed by atoms with Crippen molar-refractivity contribution in [1.82, 2.24) is 0 Å². The summed E-state index contributed by atoms with van der Waals surface area (Å²) < 4.78 is 12.2. The van der Waals surface area contributed by atoms with Gasteiger partial charge in [0.15, 0.2) is 9.60 Å². The van der Waals surface area contributed by atoms with Crippen LogP contribution in [0.15, 0.2) is 76.9 Å². The Morgan fingerprint density at radius 1 is 1.07 bits per heavy atom. The molecule has 4 aromatic rings. The van der Waals surface area contributed by atoms with Gasteiger partial charge in [0.05, 0.1) is 18.1 Å². The number of aryl methyl sites for hydroxylation is 1. The van der Waals surface area contributed by atoms with Crippen molar-refractivity contribution in [3.8, 4) is 4.90 Å². The Morgan fingerprint density at radius 3 is 2.67 bits per heavy atom. The Balaban J connectivity index is 1.67. The van der Waals surface area contributed by atoms with E-state index in [0.717, 1.165) is 10.5 Å². The molecule has 0 bridgehead atoms. The Kier molecular flexibility index (Phi) is 4.36. The second-order valence-corrected chi connectivity index (χ2v) is 8.90. The van der Waals surface area contributed by atoms with Crippen molar-refractivity contribution in [1.29, 1.82) is 0 Å². The summed E-state index contributed by atoms with van der Waals surface area (Å²) in [5.41, 5.74) is 1.92. The molecule has 1 unspecified atom stereocenters. The second kappa shape index (κ2) is 6.71. The first-order valence-corrected chi connectivity index (χ1v) is 10.1. The number of esters is 1. The van der Waals surface area contributed by atoms with Crippen LogP contribution in [0.4, 0.5) is 0 Å². The molecule has 0 spiro atoms. The largest absolute Gasteiger partial charge is 0.472 e. The molecule has 3 nitrogen and oxygen atoms in total. The van der Waals surface area contributed by atoms with Crippen molar-refractivity contribution < 1.29 is 13.9 Å². The van der Waals surface area contributed by atoms with Gasteiger partial charge in [-0.3, -0.25) is 0 Å². The molecular weight excluding hydrogens is 356 g/mol. The molecule has 0 saturated carbocycles. The van der Waals surface area contributed by atoms with Gasteiger partial charge in [0, 0.05) is 33.0 Å². The van der Waals surface area contributed by atoms with Crippen LogP contribution in [0.25, 0.3) is 15.0 Å². The van der Waals surface area contributed by atoms with Crippen LogP contribution >= 0.6 is 10.5 Å². The lowest BCUT2D eigenvalue weighted by molar-refractivity contribution is -0.00332. The third-order valence-electron chi connectivity index (χ3n) is 4.73. The number of carbonyl (C=O) groups is 1. The van der Waals surface area contributed by atoms with Crippen molar-refractivity contribution in [2.24, 2.45) is 0 Å². The van der Waals surface area contributed by atoms with Crippen LogP contribution in [0.5, 0.6) is 0 Å². The minimum atomic E-state index is -0.751. The molecule has 0 N–H and O–H groups in total. The average molecular weight is 377 g/mol. The Bertz CT molecular complexity index is 1100. The van der Waals surface area contributed by atoms with Gasteiger partial charge in [-0.15, -0.1) is 0 Å². The molecule has 0 aliphatic carbocycles. The lowest BCUT2D eigenvalue weighted by atomic mass is 10.0. The zero-order valence-corrected chi connectivity index (χ0v) is 16.4. The molecule has 2 aromatic carbocycles. The molecule has 0 aliphatic heterocycles. The number of fused-ring (bicyclic) bond motifs is 1. The van der Waals surface area contributed by atoms with Crippen LogP contribution in [0.2, 0.25) is 0 Å². The number of hydrogen-bond acceptors (Lipinski definition) is 3. The monoisotopic (exact) mass is 377 g/mol. The van der Waals surface area contributed by atoms with E-state index in [2.05, 4.69) is 42.6 Å². The third-order valence-corrected chi connectivity index (χ3v) is 6.91. The number of ether oxygens (including phenoxy) is 1. The topological polar surface area (TPSA) is 39.4 Å². The number of hydrogen-bond donors (Lipinski definition) is 0. The minimum absolute atomic E-state index is 0.160. The zero-order valence-electron chi connectivity index (χ0n) is 15.6. The van der Waals surface area contributed by atoms with E-state index in [1.54, 1.807) is 18.6 Å². The highest BCUT2D eigenvalue weighted by Gasteiger charge is 2.28. The van der Waals surface area contributed by atoms with Crippen LogP contribution in [-0.4, -0.2) is 5.97 Å². The van der Waals surface area contributed by atoms with E-state index in [0.29, 0.717) is 5.56 Å². The molecule has 1 atom stereocenters. The maximum Gasteiger partial charge on any atom is 0.339 e. The van der Waals surface area contributed by atoms with E-state index >= 15 is 0 Å². The zero-order chi connectivity index (χ0) is 19.0. The molecule has 0 amide bonds. The molecule has 4 heteroatoms. The molecule has 27 heavy (non-hydrogen) atoms. The smallest absolute Gasteiger partial charge is 0.339 e. The van der Waals surface area contributed by atoms with Gasteiger partial charge in [0.1, 0.15) is 11.0 Å². The third kappa shape index (κ3) is 3.28. The first kappa shape index (κ1) is 17.6. The summed E-state index contributed by atoms with van der Waals surface area (Å²) in [7, 11) is -0.160. The quantitative estimate of drug-likeness (QED) is 0.298. The highest BCUT2D eigenvalue weighted by atomic mass is 32.2. The number of benzene rings is 2. The minimum Gasteiger partial charge on any atom is -0.472 e. The van der Waals surface area contributed by atoms with Gasteiger partial charge in [-0.1, -0.05) is 18.2 Å².